The van der Waals surface area contributed by atoms with E-state index < -0.39 is 0 Å². The largest absolute Gasteiger partial charge is 0.356 e. The fraction of sp³-hybridized carbons (Fsp3) is 0.727. The molecule has 0 bridgehead atoms. The molecule has 2 aliphatic rings. The lowest BCUT2D eigenvalue weighted by Gasteiger charge is -2.35. The predicted octanol–water partition coefficient (Wildman–Crippen LogP) is 2.16. The van der Waals surface area contributed by atoms with Crippen molar-refractivity contribution < 1.29 is 4.79 Å². The van der Waals surface area contributed by atoms with Gasteiger partial charge in [0.15, 0.2) is 0 Å². The second-order valence-corrected chi connectivity index (χ2v) is 10.4. The van der Waals surface area contributed by atoms with E-state index >= 15 is 0 Å². The van der Waals surface area contributed by atoms with E-state index in [0.29, 0.717) is 10.7 Å². The van der Waals surface area contributed by atoms with Crippen molar-refractivity contribution in [1.82, 2.24) is 24.8 Å². The minimum absolute atomic E-state index is 0.0590. The van der Waals surface area contributed by atoms with E-state index in [4.69, 9.17) is 0 Å². The molecule has 4 heterocycles. The third kappa shape index (κ3) is 5.44. The summed E-state index contributed by atoms with van der Waals surface area (Å²) in [6.45, 7) is 12.2. The molecule has 2 saturated heterocycles. The summed E-state index contributed by atoms with van der Waals surface area (Å²) in [6.07, 6.45) is 3.96. The summed E-state index contributed by atoms with van der Waals surface area (Å²) in [6, 6.07) is 1.50. The highest BCUT2D eigenvalue weighted by molar-refractivity contribution is 7.20. The molecule has 1 N–H and O–H groups in total. The van der Waals surface area contributed by atoms with Crippen molar-refractivity contribution in [2.24, 2.45) is 17.8 Å². The average molecular weight is 447 g/mol. The van der Waals surface area contributed by atoms with Gasteiger partial charge in [-0.2, -0.15) is 4.52 Å². The SMILES string of the molecule is Cc1cc(=O)n2nc(N3CCC(C(=O)NCCCN4C[C@H](C)C[C@H](C)C4)CC3)sc2n1. The van der Waals surface area contributed by atoms with Gasteiger partial charge in [0, 0.05) is 50.4 Å². The van der Waals surface area contributed by atoms with Gasteiger partial charge in [0.25, 0.3) is 5.56 Å². The first kappa shape index (κ1) is 22.2. The lowest BCUT2D eigenvalue weighted by Crippen LogP contribution is -2.42. The summed E-state index contributed by atoms with van der Waals surface area (Å²) in [5.74, 6) is 1.79. The number of rotatable bonds is 6. The summed E-state index contributed by atoms with van der Waals surface area (Å²) in [7, 11) is 0. The first-order chi connectivity index (χ1) is 14.9. The highest BCUT2D eigenvalue weighted by Gasteiger charge is 2.27. The van der Waals surface area contributed by atoms with Gasteiger partial charge in [-0.25, -0.2) is 4.98 Å². The lowest BCUT2D eigenvalue weighted by molar-refractivity contribution is -0.125. The third-order valence-electron chi connectivity index (χ3n) is 6.39. The van der Waals surface area contributed by atoms with E-state index in [1.807, 2.05) is 6.92 Å². The Morgan fingerprint density at radius 1 is 1.23 bits per heavy atom. The Morgan fingerprint density at radius 2 is 1.94 bits per heavy atom. The molecule has 0 aromatic carbocycles. The van der Waals surface area contributed by atoms with Crippen LogP contribution >= 0.6 is 11.3 Å². The zero-order valence-corrected chi connectivity index (χ0v) is 19.7. The molecule has 0 aliphatic carbocycles. The van der Waals surface area contributed by atoms with Crippen LogP contribution in [0.1, 0.15) is 45.2 Å². The summed E-state index contributed by atoms with van der Waals surface area (Å²) >= 11 is 1.43. The van der Waals surface area contributed by atoms with Crippen molar-refractivity contribution in [3.63, 3.8) is 0 Å². The van der Waals surface area contributed by atoms with Crippen LogP contribution in [-0.4, -0.2) is 64.7 Å². The van der Waals surface area contributed by atoms with E-state index in [2.05, 4.69) is 39.0 Å². The minimum Gasteiger partial charge on any atom is -0.356 e. The van der Waals surface area contributed by atoms with Gasteiger partial charge in [0.05, 0.1) is 0 Å². The molecule has 8 nitrogen and oxygen atoms in total. The minimum atomic E-state index is -0.146. The number of nitrogens with zero attached hydrogens (tertiary/aromatic N) is 5. The van der Waals surface area contributed by atoms with Gasteiger partial charge in [-0.1, -0.05) is 25.2 Å². The molecule has 2 atom stereocenters. The van der Waals surface area contributed by atoms with Crippen LogP contribution in [0.5, 0.6) is 0 Å². The monoisotopic (exact) mass is 446 g/mol. The molecule has 9 heteroatoms. The third-order valence-corrected chi connectivity index (χ3v) is 7.36. The van der Waals surface area contributed by atoms with E-state index in [1.54, 1.807) is 0 Å². The first-order valence-electron chi connectivity index (χ1n) is 11.5. The Hall–Kier alpha value is -2.00. The Balaban J connectivity index is 1.21. The maximum absolute atomic E-state index is 12.6. The fourth-order valence-corrected chi connectivity index (χ4v) is 6.01. The zero-order chi connectivity index (χ0) is 22.0. The van der Waals surface area contributed by atoms with Gasteiger partial charge in [-0.3, -0.25) is 9.59 Å². The molecule has 0 saturated carbocycles. The van der Waals surface area contributed by atoms with Crippen LogP contribution in [0.3, 0.4) is 0 Å². The molecule has 0 spiro atoms. The van der Waals surface area contributed by atoms with Gasteiger partial charge in [-0.15, -0.1) is 5.10 Å². The molecule has 0 unspecified atom stereocenters. The van der Waals surface area contributed by atoms with E-state index in [-0.39, 0.29) is 17.4 Å². The van der Waals surface area contributed by atoms with Crippen LogP contribution in [0.15, 0.2) is 10.9 Å². The lowest BCUT2D eigenvalue weighted by atomic mass is 9.92. The second-order valence-electron chi connectivity index (χ2n) is 9.43. The van der Waals surface area contributed by atoms with E-state index in [9.17, 15) is 9.59 Å². The zero-order valence-electron chi connectivity index (χ0n) is 18.8. The summed E-state index contributed by atoms with van der Waals surface area (Å²) in [4.78, 5) is 34.4. The molecule has 1 amide bonds. The molecule has 31 heavy (non-hydrogen) atoms. The summed E-state index contributed by atoms with van der Waals surface area (Å²) in [5.41, 5.74) is 0.563. The Labute approximate surface area is 187 Å². The molecule has 2 aromatic rings. The number of piperidine rings is 2. The number of aryl methyl sites for hydroxylation is 1. The topological polar surface area (TPSA) is 82.8 Å². The maximum atomic E-state index is 12.6. The number of hydrogen-bond acceptors (Lipinski definition) is 7. The van der Waals surface area contributed by atoms with E-state index in [1.165, 1.54) is 41.4 Å². The number of hydrogen-bond donors (Lipinski definition) is 1. The highest BCUT2D eigenvalue weighted by Crippen LogP contribution is 2.27. The molecule has 4 rings (SSSR count). The van der Waals surface area contributed by atoms with Crippen LogP contribution < -0.4 is 15.8 Å². The van der Waals surface area contributed by atoms with Crippen molar-refractivity contribution in [2.45, 2.75) is 46.5 Å². The maximum Gasteiger partial charge on any atom is 0.275 e. The van der Waals surface area contributed by atoms with Gasteiger partial charge < -0.3 is 15.1 Å². The normalized spacial score (nSPS) is 23.4. The molecule has 2 fully saturated rings. The number of aromatic nitrogens is 3. The Kier molecular flexibility index (Phi) is 6.91. The van der Waals surface area contributed by atoms with Crippen molar-refractivity contribution >= 4 is 27.3 Å². The van der Waals surface area contributed by atoms with Gasteiger partial charge >= 0.3 is 0 Å². The standard InChI is InChI=1S/C22H34N6O2S/c1-15-11-16(2)14-26(13-15)8-4-7-23-20(30)18-5-9-27(10-6-18)22-25-28-19(29)12-17(3)24-21(28)31-22/h12,15-16,18H,4-11,13-14H2,1-3H3,(H,23,30)/t15-,16+. The van der Waals surface area contributed by atoms with Gasteiger partial charge in [-0.05, 0) is 51.0 Å². The molecule has 170 valence electrons. The van der Waals surface area contributed by atoms with Crippen LogP contribution in [0.2, 0.25) is 0 Å². The number of nitrogens with one attached hydrogen (secondary N) is 1. The molecule has 2 aromatic heterocycles. The van der Waals surface area contributed by atoms with Crippen molar-refractivity contribution in [1.29, 1.82) is 0 Å². The molecule has 0 radical (unpaired) electrons. The fourth-order valence-electron chi connectivity index (χ4n) is 5.00. The molecular formula is C22H34N6O2S. The predicted molar refractivity (Wildman–Crippen MR) is 124 cm³/mol. The van der Waals surface area contributed by atoms with Crippen LogP contribution in [0.4, 0.5) is 5.13 Å². The quantitative estimate of drug-likeness (QED) is 0.685. The molecular weight excluding hydrogens is 412 g/mol. The number of carbonyl (C=O) groups excluding carboxylic acids is 1. The number of anilines is 1. The summed E-state index contributed by atoms with van der Waals surface area (Å²) < 4.78 is 1.37. The van der Waals surface area contributed by atoms with Crippen LogP contribution in [0.25, 0.3) is 4.96 Å². The second kappa shape index (κ2) is 9.65. The van der Waals surface area contributed by atoms with Gasteiger partial charge in [0.1, 0.15) is 0 Å². The Bertz CT molecular complexity index is 955. The number of likely N-dealkylation sites (tertiary alicyclic amines) is 1. The molecule has 2 aliphatic heterocycles. The summed E-state index contributed by atoms with van der Waals surface area (Å²) in [5, 5.41) is 8.40. The number of carbonyl (C=O) groups is 1. The first-order valence-corrected chi connectivity index (χ1v) is 12.3. The average Bonchev–Trinajstić information content (AvgIpc) is 3.15. The number of fused-ring (bicyclic) bond motifs is 1. The van der Waals surface area contributed by atoms with E-state index in [0.717, 1.165) is 62.4 Å². The van der Waals surface area contributed by atoms with Gasteiger partial charge in [0.2, 0.25) is 16.0 Å². The van der Waals surface area contributed by atoms with Crippen LogP contribution in [0, 0.1) is 24.7 Å². The van der Waals surface area contributed by atoms with Crippen molar-refractivity contribution in [2.75, 3.05) is 44.2 Å². The smallest absolute Gasteiger partial charge is 0.275 e. The highest BCUT2D eigenvalue weighted by atomic mass is 32.1. The van der Waals surface area contributed by atoms with Crippen LogP contribution in [-0.2, 0) is 4.79 Å². The Morgan fingerprint density at radius 3 is 2.65 bits per heavy atom. The number of amides is 1. The van der Waals surface area contributed by atoms with Crippen molar-refractivity contribution in [3.8, 4) is 0 Å². The van der Waals surface area contributed by atoms with Crippen molar-refractivity contribution in [3.05, 3.63) is 22.1 Å².